The largest absolute Gasteiger partial charge is 0.352 e. The molecule has 9 heteroatoms. The van der Waals surface area contributed by atoms with Gasteiger partial charge in [0.05, 0.1) is 6.42 Å². The van der Waals surface area contributed by atoms with Crippen molar-refractivity contribution >= 4 is 35.0 Å². The molecule has 0 aliphatic carbocycles. The fourth-order valence-electron chi connectivity index (χ4n) is 2.87. The van der Waals surface area contributed by atoms with Crippen molar-refractivity contribution in [3.05, 3.63) is 46.8 Å². The Kier molecular flexibility index (Phi) is 5.93. The molecule has 3 aromatic rings. The number of anilines is 1. The van der Waals surface area contributed by atoms with Crippen LogP contribution in [0.2, 0.25) is 0 Å². The predicted molar refractivity (Wildman–Crippen MR) is 108 cm³/mol. The zero-order valence-electron chi connectivity index (χ0n) is 16.2. The lowest BCUT2D eigenvalue weighted by molar-refractivity contribution is -0.120. The van der Waals surface area contributed by atoms with Crippen molar-refractivity contribution < 1.29 is 9.59 Å². The second-order valence-corrected chi connectivity index (χ2v) is 7.18. The van der Waals surface area contributed by atoms with Crippen LogP contribution in [-0.4, -0.2) is 37.7 Å². The number of carbonyl (C=O) groups is 2. The lowest BCUT2D eigenvalue weighted by Gasteiger charge is -2.11. The first-order valence-electron chi connectivity index (χ1n) is 8.77. The SMILES string of the molecule is CSc1nc2nc(C)c(CC(=O)NCc3ccc(NC(C)=O)cc3)c(C)n2n1. The van der Waals surface area contributed by atoms with Gasteiger partial charge in [-0.15, -0.1) is 5.10 Å². The number of thioether (sulfide) groups is 1. The number of hydrogen-bond donors (Lipinski definition) is 2. The first-order chi connectivity index (χ1) is 13.4. The Balaban J connectivity index is 1.67. The summed E-state index contributed by atoms with van der Waals surface area (Å²) in [5.74, 6) is 0.334. The monoisotopic (exact) mass is 398 g/mol. The van der Waals surface area contributed by atoms with E-state index in [0.29, 0.717) is 17.5 Å². The van der Waals surface area contributed by atoms with E-state index in [1.54, 1.807) is 4.52 Å². The molecule has 0 spiro atoms. The normalized spacial score (nSPS) is 10.9. The molecule has 1 aromatic carbocycles. The lowest BCUT2D eigenvalue weighted by Crippen LogP contribution is -2.25. The number of rotatable bonds is 6. The molecule has 0 aliphatic heterocycles. The van der Waals surface area contributed by atoms with Crippen LogP contribution in [0.3, 0.4) is 0 Å². The van der Waals surface area contributed by atoms with E-state index in [1.807, 2.05) is 44.4 Å². The Labute approximate surface area is 167 Å². The summed E-state index contributed by atoms with van der Waals surface area (Å²) in [4.78, 5) is 32.3. The maximum Gasteiger partial charge on any atom is 0.253 e. The summed E-state index contributed by atoms with van der Waals surface area (Å²) in [5, 5.41) is 10.7. The number of benzene rings is 1. The number of nitrogens with one attached hydrogen (secondary N) is 2. The zero-order chi connectivity index (χ0) is 20.3. The summed E-state index contributed by atoms with van der Waals surface area (Å²) >= 11 is 1.45. The van der Waals surface area contributed by atoms with Gasteiger partial charge in [0.1, 0.15) is 0 Å². The van der Waals surface area contributed by atoms with E-state index >= 15 is 0 Å². The van der Waals surface area contributed by atoms with Crippen LogP contribution in [0, 0.1) is 13.8 Å². The van der Waals surface area contributed by atoms with Gasteiger partial charge >= 0.3 is 0 Å². The number of nitrogens with zero attached hydrogens (tertiary/aromatic N) is 4. The molecule has 146 valence electrons. The van der Waals surface area contributed by atoms with Crippen LogP contribution >= 0.6 is 11.8 Å². The molecule has 28 heavy (non-hydrogen) atoms. The minimum Gasteiger partial charge on any atom is -0.352 e. The molecule has 2 amide bonds. The van der Waals surface area contributed by atoms with Gasteiger partial charge in [-0.25, -0.2) is 9.50 Å². The van der Waals surface area contributed by atoms with Gasteiger partial charge in [0.25, 0.3) is 5.78 Å². The zero-order valence-corrected chi connectivity index (χ0v) is 17.1. The molecule has 0 fully saturated rings. The van der Waals surface area contributed by atoms with Crippen LogP contribution in [0.15, 0.2) is 29.4 Å². The molecular formula is C19H22N6O2S. The van der Waals surface area contributed by atoms with E-state index in [9.17, 15) is 9.59 Å². The van der Waals surface area contributed by atoms with Crippen LogP contribution in [0.25, 0.3) is 5.78 Å². The maximum atomic E-state index is 12.5. The van der Waals surface area contributed by atoms with Crippen molar-refractivity contribution in [3.8, 4) is 0 Å². The average molecular weight is 398 g/mol. The lowest BCUT2D eigenvalue weighted by atomic mass is 10.1. The third kappa shape index (κ3) is 4.48. The van der Waals surface area contributed by atoms with Gasteiger partial charge in [0.2, 0.25) is 17.0 Å². The molecule has 8 nitrogen and oxygen atoms in total. The van der Waals surface area contributed by atoms with Crippen molar-refractivity contribution in [2.45, 2.75) is 38.9 Å². The highest BCUT2D eigenvalue weighted by Gasteiger charge is 2.15. The summed E-state index contributed by atoms with van der Waals surface area (Å²) in [6.07, 6.45) is 2.13. The summed E-state index contributed by atoms with van der Waals surface area (Å²) < 4.78 is 1.68. The molecular weight excluding hydrogens is 376 g/mol. The predicted octanol–water partition coefficient (Wildman–Crippen LogP) is 2.28. The fraction of sp³-hybridized carbons (Fsp3) is 0.316. The van der Waals surface area contributed by atoms with Gasteiger partial charge in [0.15, 0.2) is 0 Å². The van der Waals surface area contributed by atoms with Crippen LogP contribution in [0.4, 0.5) is 5.69 Å². The van der Waals surface area contributed by atoms with Crippen molar-refractivity contribution in [2.24, 2.45) is 0 Å². The van der Waals surface area contributed by atoms with Gasteiger partial charge < -0.3 is 10.6 Å². The number of carbonyl (C=O) groups excluding carboxylic acids is 2. The standard InChI is InChI=1S/C19H22N6O2S/c1-11-16(12(2)25-18(21-11)23-19(24-25)28-4)9-17(27)20-10-14-5-7-15(8-6-14)22-13(3)26/h5-8H,9-10H2,1-4H3,(H,20,27)(H,22,26). The van der Waals surface area contributed by atoms with E-state index in [-0.39, 0.29) is 18.2 Å². The molecule has 0 unspecified atom stereocenters. The van der Waals surface area contributed by atoms with Crippen LogP contribution < -0.4 is 10.6 Å². The first kappa shape index (κ1) is 19.8. The van der Waals surface area contributed by atoms with Crippen molar-refractivity contribution in [1.82, 2.24) is 24.9 Å². The number of fused-ring (bicyclic) bond motifs is 1. The smallest absolute Gasteiger partial charge is 0.253 e. The van der Waals surface area contributed by atoms with Crippen LogP contribution in [0.5, 0.6) is 0 Å². The number of aryl methyl sites for hydroxylation is 2. The molecule has 2 N–H and O–H groups in total. The molecule has 0 atom stereocenters. The summed E-state index contributed by atoms with van der Waals surface area (Å²) in [6, 6.07) is 7.36. The van der Waals surface area contributed by atoms with E-state index < -0.39 is 0 Å². The molecule has 0 saturated carbocycles. The van der Waals surface area contributed by atoms with Crippen LogP contribution in [0.1, 0.15) is 29.4 Å². The number of hydrogen-bond acceptors (Lipinski definition) is 6. The van der Waals surface area contributed by atoms with Gasteiger partial charge in [-0.05, 0) is 37.8 Å². The summed E-state index contributed by atoms with van der Waals surface area (Å²) in [5.41, 5.74) is 4.17. The van der Waals surface area contributed by atoms with Crippen molar-refractivity contribution in [3.63, 3.8) is 0 Å². The second kappa shape index (κ2) is 8.39. The first-order valence-corrected chi connectivity index (χ1v) is 10.00. The van der Waals surface area contributed by atoms with Crippen molar-refractivity contribution in [2.75, 3.05) is 11.6 Å². The summed E-state index contributed by atoms with van der Waals surface area (Å²) in [7, 11) is 0. The molecule has 0 radical (unpaired) electrons. The van der Waals surface area contributed by atoms with E-state index in [2.05, 4.69) is 25.7 Å². The van der Waals surface area contributed by atoms with Gasteiger partial charge in [-0.3, -0.25) is 9.59 Å². The quantitative estimate of drug-likeness (QED) is 0.618. The Hall–Kier alpha value is -2.94. The Bertz CT molecular complexity index is 1030. The van der Waals surface area contributed by atoms with Crippen LogP contribution in [-0.2, 0) is 22.6 Å². The summed E-state index contributed by atoms with van der Waals surface area (Å²) in [6.45, 7) is 5.67. The van der Waals surface area contributed by atoms with Gasteiger partial charge in [-0.1, -0.05) is 23.9 Å². The topological polar surface area (TPSA) is 101 Å². The third-order valence-electron chi connectivity index (χ3n) is 4.31. The maximum absolute atomic E-state index is 12.5. The molecule has 0 saturated heterocycles. The van der Waals surface area contributed by atoms with E-state index in [4.69, 9.17) is 0 Å². The third-order valence-corrected chi connectivity index (χ3v) is 4.85. The second-order valence-electron chi connectivity index (χ2n) is 6.40. The van der Waals surface area contributed by atoms with Gasteiger partial charge in [-0.2, -0.15) is 4.98 Å². The molecule has 0 bridgehead atoms. The van der Waals surface area contributed by atoms with Gasteiger partial charge in [0, 0.05) is 36.1 Å². The highest BCUT2D eigenvalue weighted by Crippen LogP contribution is 2.17. The number of amides is 2. The highest BCUT2D eigenvalue weighted by atomic mass is 32.2. The van der Waals surface area contributed by atoms with Crippen molar-refractivity contribution in [1.29, 1.82) is 0 Å². The number of aromatic nitrogens is 4. The minimum atomic E-state index is -0.116. The van der Waals surface area contributed by atoms with E-state index in [1.165, 1.54) is 18.7 Å². The Morgan fingerprint density at radius 2 is 1.86 bits per heavy atom. The fourth-order valence-corrected chi connectivity index (χ4v) is 3.20. The molecule has 3 rings (SSSR count). The Morgan fingerprint density at radius 1 is 1.14 bits per heavy atom. The Morgan fingerprint density at radius 3 is 2.50 bits per heavy atom. The molecule has 0 aliphatic rings. The molecule has 2 aromatic heterocycles. The molecule has 2 heterocycles. The minimum absolute atomic E-state index is 0.0940. The van der Waals surface area contributed by atoms with E-state index in [0.717, 1.165) is 28.2 Å². The highest BCUT2D eigenvalue weighted by molar-refractivity contribution is 7.98. The average Bonchev–Trinajstić information content (AvgIpc) is 3.07.